The molecular weight excluding hydrogens is 400 g/mol. The predicted octanol–water partition coefficient (Wildman–Crippen LogP) is 2.42. The summed E-state index contributed by atoms with van der Waals surface area (Å²) in [7, 11) is 1.62. The van der Waals surface area contributed by atoms with E-state index in [1.807, 2.05) is 31.2 Å². The Kier molecular flexibility index (Phi) is 8.95. The Morgan fingerprint density at radius 1 is 1.27 bits per heavy atom. The predicted molar refractivity (Wildman–Crippen MR) is 121 cm³/mol. The lowest BCUT2D eigenvalue weighted by atomic mass is 10.1. The van der Waals surface area contributed by atoms with Gasteiger partial charge in [0, 0.05) is 31.1 Å². The number of aliphatic imine (C=N–C) groups is 1. The Morgan fingerprint density at radius 2 is 2.10 bits per heavy atom. The number of methoxy groups -OCH3 is 1. The van der Waals surface area contributed by atoms with Crippen molar-refractivity contribution >= 4 is 17.3 Å². The lowest BCUT2D eigenvalue weighted by molar-refractivity contribution is 0.0186. The number of aliphatic hydroxyl groups is 1. The first-order valence-corrected chi connectivity index (χ1v) is 11.3. The summed E-state index contributed by atoms with van der Waals surface area (Å²) in [5, 5.41) is 19.2. The van der Waals surface area contributed by atoms with Crippen molar-refractivity contribution in [3.05, 3.63) is 52.2 Å². The third-order valence-electron chi connectivity index (χ3n) is 5.07. The zero-order valence-corrected chi connectivity index (χ0v) is 18.5. The molecule has 1 fully saturated rings. The van der Waals surface area contributed by atoms with Crippen LogP contribution in [-0.4, -0.2) is 69.0 Å². The van der Waals surface area contributed by atoms with Gasteiger partial charge in [0.2, 0.25) is 0 Å². The van der Waals surface area contributed by atoms with E-state index < -0.39 is 6.10 Å². The molecule has 0 radical (unpaired) electrons. The van der Waals surface area contributed by atoms with Crippen LogP contribution in [0.3, 0.4) is 0 Å². The number of nitrogens with zero attached hydrogens (tertiary/aromatic N) is 2. The van der Waals surface area contributed by atoms with E-state index in [-0.39, 0.29) is 6.04 Å². The van der Waals surface area contributed by atoms with Crippen molar-refractivity contribution in [2.75, 3.05) is 53.0 Å². The molecule has 0 amide bonds. The fourth-order valence-electron chi connectivity index (χ4n) is 3.43. The Labute approximate surface area is 182 Å². The minimum Gasteiger partial charge on any atom is -0.497 e. The van der Waals surface area contributed by atoms with Gasteiger partial charge in [0.25, 0.3) is 0 Å². The summed E-state index contributed by atoms with van der Waals surface area (Å²) in [6.45, 7) is 7.14. The van der Waals surface area contributed by atoms with Crippen LogP contribution in [0.5, 0.6) is 5.75 Å². The zero-order valence-electron chi connectivity index (χ0n) is 17.7. The summed E-state index contributed by atoms with van der Waals surface area (Å²) in [4.78, 5) is 8.58. The molecule has 1 saturated heterocycles. The Morgan fingerprint density at radius 3 is 2.80 bits per heavy atom. The summed E-state index contributed by atoms with van der Waals surface area (Å²) < 4.78 is 10.8. The summed E-state index contributed by atoms with van der Waals surface area (Å²) in [5.41, 5.74) is 0.808. The summed E-state index contributed by atoms with van der Waals surface area (Å²) in [6, 6.07) is 12.0. The smallest absolute Gasteiger partial charge is 0.191 e. The number of ether oxygens (including phenoxy) is 2. The van der Waals surface area contributed by atoms with E-state index in [9.17, 15) is 5.11 Å². The fraction of sp³-hybridized carbons (Fsp3) is 0.500. The molecule has 2 heterocycles. The van der Waals surface area contributed by atoms with Gasteiger partial charge in [0.05, 0.1) is 39.0 Å². The number of hydrogen-bond donors (Lipinski definition) is 3. The molecule has 0 aliphatic carbocycles. The van der Waals surface area contributed by atoms with E-state index in [1.54, 1.807) is 18.4 Å². The van der Waals surface area contributed by atoms with Crippen LogP contribution in [-0.2, 0) is 4.74 Å². The van der Waals surface area contributed by atoms with E-state index in [4.69, 9.17) is 14.5 Å². The molecule has 1 aromatic heterocycles. The Balaban J connectivity index is 1.64. The van der Waals surface area contributed by atoms with Crippen molar-refractivity contribution in [2.24, 2.45) is 4.99 Å². The number of aliphatic hydroxyl groups excluding tert-OH is 1. The molecule has 2 unspecified atom stereocenters. The van der Waals surface area contributed by atoms with Crippen LogP contribution in [0.25, 0.3) is 0 Å². The number of nitrogens with one attached hydrogen (secondary N) is 2. The molecule has 2 aromatic rings. The third-order valence-corrected chi connectivity index (χ3v) is 6.04. The molecule has 0 bridgehead atoms. The Hall–Kier alpha value is -2.13. The van der Waals surface area contributed by atoms with Crippen LogP contribution in [0.1, 0.15) is 29.5 Å². The van der Waals surface area contributed by atoms with E-state index in [0.717, 1.165) is 44.2 Å². The van der Waals surface area contributed by atoms with Crippen molar-refractivity contribution in [3.63, 3.8) is 0 Å². The maximum absolute atomic E-state index is 10.6. The normalized spacial score (nSPS) is 17.4. The van der Waals surface area contributed by atoms with Gasteiger partial charge in [0.1, 0.15) is 5.75 Å². The molecular formula is C22H32N4O3S. The molecule has 30 heavy (non-hydrogen) atoms. The quantitative estimate of drug-likeness (QED) is 0.417. The fourth-order valence-corrected chi connectivity index (χ4v) is 4.29. The number of guanidine groups is 1. The van der Waals surface area contributed by atoms with Crippen LogP contribution >= 0.6 is 11.3 Å². The van der Waals surface area contributed by atoms with Gasteiger partial charge in [-0.25, -0.2) is 0 Å². The standard InChI is InChI=1S/C22H32N4O3S/c1-3-23-22(25-16-20(27)17-6-4-7-18(14-17)28-2)24-15-19(21-8-5-13-30-21)26-9-11-29-12-10-26/h4-8,13-14,19-20,27H,3,9-12,15-16H2,1-2H3,(H2,23,24,25). The van der Waals surface area contributed by atoms with Gasteiger partial charge in [-0.1, -0.05) is 18.2 Å². The SMILES string of the molecule is CCNC(=NCC(c1cccs1)N1CCOCC1)NCC(O)c1cccc(OC)c1. The van der Waals surface area contributed by atoms with Crippen LogP contribution in [0.2, 0.25) is 0 Å². The van der Waals surface area contributed by atoms with Crippen molar-refractivity contribution in [1.29, 1.82) is 0 Å². The zero-order chi connectivity index (χ0) is 21.2. The lowest BCUT2D eigenvalue weighted by Gasteiger charge is -2.33. The first-order valence-electron chi connectivity index (χ1n) is 10.4. The van der Waals surface area contributed by atoms with Gasteiger partial charge < -0.3 is 25.2 Å². The molecule has 3 N–H and O–H groups in total. The monoisotopic (exact) mass is 432 g/mol. The van der Waals surface area contributed by atoms with Gasteiger partial charge in [-0.15, -0.1) is 11.3 Å². The largest absolute Gasteiger partial charge is 0.497 e. The van der Waals surface area contributed by atoms with Crippen molar-refractivity contribution in [3.8, 4) is 5.75 Å². The summed E-state index contributed by atoms with van der Waals surface area (Å²) >= 11 is 1.76. The average Bonchev–Trinajstić information content (AvgIpc) is 3.32. The van der Waals surface area contributed by atoms with Gasteiger partial charge in [-0.2, -0.15) is 0 Å². The Bertz CT molecular complexity index is 778. The number of thiophene rings is 1. The second-order valence-corrected chi connectivity index (χ2v) is 8.05. The molecule has 0 spiro atoms. The van der Waals surface area contributed by atoms with Crippen LogP contribution < -0.4 is 15.4 Å². The van der Waals surface area contributed by atoms with Crippen molar-refractivity contribution in [2.45, 2.75) is 19.1 Å². The minimum atomic E-state index is -0.656. The van der Waals surface area contributed by atoms with E-state index in [2.05, 4.69) is 33.0 Å². The van der Waals surface area contributed by atoms with Gasteiger partial charge >= 0.3 is 0 Å². The lowest BCUT2D eigenvalue weighted by Crippen LogP contribution is -2.42. The number of hydrogen-bond acceptors (Lipinski definition) is 6. The number of benzene rings is 1. The maximum Gasteiger partial charge on any atom is 0.191 e. The second kappa shape index (κ2) is 11.9. The summed E-state index contributed by atoms with van der Waals surface area (Å²) in [6.07, 6.45) is -0.656. The van der Waals surface area contributed by atoms with Crippen molar-refractivity contribution < 1.29 is 14.6 Å². The number of morpholine rings is 1. The van der Waals surface area contributed by atoms with Crippen LogP contribution in [0.15, 0.2) is 46.8 Å². The van der Waals surface area contributed by atoms with Crippen LogP contribution in [0.4, 0.5) is 0 Å². The highest BCUT2D eigenvalue weighted by atomic mass is 32.1. The topological polar surface area (TPSA) is 78.4 Å². The molecule has 1 aliphatic heterocycles. The van der Waals surface area contributed by atoms with E-state index in [1.165, 1.54) is 4.88 Å². The average molecular weight is 433 g/mol. The van der Waals surface area contributed by atoms with Gasteiger partial charge in [-0.05, 0) is 36.1 Å². The molecule has 164 valence electrons. The van der Waals surface area contributed by atoms with Gasteiger partial charge in [-0.3, -0.25) is 9.89 Å². The molecule has 3 rings (SSSR count). The minimum absolute atomic E-state index is 0.229. The second-order valence-electron chi connectivity index (χ2n) is 7.07. The van der Waals surface area contributed by atoms with E-state index in [0.29, 0.717) is 19.0 Å². The van der Waals surface area contributed by atoms with Crippen LogP contribution in [0, 0.1) is 0 Å². The molecule has 8 heteroatoms. The molecule has 1 aliphatic rings. The molecule has 7 nitrogen and oxygen atoms in total. The van der Waals surface area contributed by atoms with Gasteiger partial charge in [0.15, 0.2) is 5.96 Å². The first-order chi connectivity index (χ1) is 14.7. The number of rotatable bonds is 9. The maximum atomic E-state index is 10.6. The summed E-state index contributed by atoms with van der Waals surface area (Å²) in [5.74, 6) is 1.44. The van der Waals surface area contributed by atoms with Crippen molar-refractivity contribution in [1.82, 2.24) is 15.5 Å². The van der Waals surface area contributed by atoms with E-state index >= 15 is 0 Å². The highest BCUT2D eigenvalue weighted by molar-refractivity contribution is 7.10. The highest BCUT2D eigenvalue weighted by Gasteiger charge is 2.23. The molecule has 1 aromatic carbocycles. The first kappa shape index (κ1) is 22.6. The molecule has 2 atom stereocenters. The highest BCUT2D eigenvalue weighted by Crippen LogP contribution is 2.26. The molecule has 0 saturated carbocycles. The third kappa shape index (κ3) is 6.43.